The van der Waals surface area contributed by atoms with E-state index in [2.05, 4.69) is 9.97 Å². The van der Waals surface area contributed by atoms with Gasteiger partial charge in [0.1, 0.15) is 0 Å². The Morgan fingerprint density at radius 1 is 1.67 bits per heavy atom. The summed E-state index contributed by atoms with van der Waals surface area (Å²) in [5, 5.41) is 0. The maximum atomic E-state index is 13.0. The van der Waals surface area contributed by atoms with Crippen LogP contribution in [-0.4, -0.2) is 23.6 Å². The van der Waals surface area contributed by atoms with Gasteiger partial charge < -0.3 is 10.6 Å². The lowest BCUT2D eigenvalue weighted by molar-refractivity contribution is 0.610. The second-order valence-corrected chi connectivity index (χ2v) is 2.41. The lowest BCUT2D eigenvalue weighted by Gasteiger charge is -2.15. The third-order valence-electron chi connectivity index (χ3n) is 1.58. The number of halogens is 1. The van der Waals surface area contributed by atoms with Crippen molar-refractivity contribution in [3.8, 4) is 0 Å². The third kappa shape index (κ3) is 1.61. The van der Waals surface area contributed by atoms with Gasteiger partial charge in [-0.1, -0.05) is 0 Å². The van der Waals surface area contributed by atoms with Gasteiger partial charge in [0.25, 0.3) is 0 Å². The van der Waals surface area contributed by atoms with Crippen LogP contribution in [0.15, 0.2) is 6.20 Å². The molecule has 0 aliphatic rings. The number of hydrogen-bond acceptors (Lipinski definition) is 4. The summed E-state index contributed by atoms with van der Waals surface area (Å²) in [6.45, 7) is 2.57. The predicted molar refractivity (Wildman–Crippen MR) is 45.3 cm³/mol. The highest BCUT2D eigenvalue weighted by Crippen LogP contribution is 2.13. The summed E-state index contributed by atoms with van der Waals surface area (Å²) in [6.07, 6.45) is 1.07. The van der Waals surface area contributed by atoms with Gasteiger partial charge in [0, 0.05) is 13.6 Å². The monoisotopic (exact) mass is 170 g/mol. The lowest BCUT2D eigenvalue weighted by Crippen LogP contribution is -2.19. The van der Waals surface area contributed by atoms with Crippen LogP contribution in [0.2, 0.25) is 0 Å². The Kier molecular flexibility index (Phi) is 2.42. The second kappa shape index (κ2) is 3.34. The Morgan fingerprint density at radius 2 is 2.33 bits per heavy atom. The molecule has 1 rings (SSSR count). The van der Waals surface area contributed by atoms with Crippen LogP contribution < -0.4 is 10.6 Å². The molecule has 5 heteroatoms. The molecule has 2 N–H and O–H groups in total. The largest absolute Gasteiger partial charge is 0.368 e. The summed E-state index contributed by atoms with van der Waals surface area (Å²) >= 11 is 0. The fourth-order valence-electron chi connectivity index (χ4n) is 0.789. The molecular weight excluding hydrogens is 159 g/mol. The molecule has 0 spiro atoms. The molecular formula is C7H11FN4. The molecule has 0 aromatic carbocycles. The molecule has 0 radical (unpaired) electrons. The van der Waals surface area contributed by atoms with Crippen LogP contribution in [0.25, 0.3) is 0 Å². The summed E-state index contributed by atoms with van der Waals surface area (Å²) < 4.78 is 13.0. The fraction of sp³-hybridized carbons (Fsp3) is 0.429. The summed E-state index contributed by atoms with van der Waals surface area (Å²) in [5.41, 5.74) is 5.30. The van der Waals surface area contributed by atoms with E-state index in [1.165, 1.54) is 0 Å². The molecule has 66 valence electrons. The van der Waals surface area contributed by atoms with Crippen molar-refractivity contribution in [3.63, 3.8) is 0 Å². The van der Waals surface area contributed by atoms with Crippen LogP contribution in [0.1, 0.15) is 6.92 Å². The van der Waals surface area contributed by atoms with Gasteiger partial charge in [-0.2, -0.15) is 4.98 Å². The first-order valence-corrected chi connectivity index (χ1v) is 3.64. The molecule has 0 bridgehead atoms. The van der Waals surface area contributed by atoms with E-state index in [1.807, 2.05) is 6.92 Å². The van der Waals surface area contributed by atoms with Crippen LogP contribution >= 0.6 is 0 Å². The molecule has 0 unspecified atom stereocenters. The molecule has 0 saturated carbocycles. The number of hydrogen-bond donors (Lipinski definition) is 1. The number of aromatic nitrogens is 2. The highest BCUT2D eigenvalue weighted by atomic mass is 19.1. The maximum absolute atomic E-state index is 13.0. The van der Waals surface area contributed by atoms with E-state index < -0.39 is 5.82 Å². The topological polar surface area (TPSA) is 55.0 Å². The summed E-state index contributed by atoms with van der Waals surface area (Å²) in [4.78, 5) is 8.94. The van der Waals surface area contributed by atoms with Crippen molar-refractivity contribution in [1.82, 2.24) is 9.97 Å². The van der Waals surface area contributed by atoms with Crippen LogP contribution in [-0.2, 0) is 0 Å². The molecule has 1 aromatic heterocycles. The first kappa shape index (κ1) is 8.70. The van der Waals surface area contributed by atoms with Crippen molar-refractivity contribution in [2.24, 2.45) is 0 Å². The number of rotatable bonds is 2. The Hall–Kier alpha value is -1.39. The predicted octanol–water partition coefficient (Wildman–Crippen LogP) is 0.654. The summed E-state index contributed by atoms with van der Waals surface area (Å²) in [5.74, 6) is -0.120. The van der Waals surface area contributed by atoms with Gasteiger partial charge in [0.05, 0.1) is 6.20 Å². The summed E-state index contributed by atoms with van der Waals surface area (Å²) in [6, 6.07) is 0. The van der Waals surface area contributed by atoms with E-state index in [0.717, 1.165) is 6.20 Å². The molecule has 0 amide bonds. The van der Waals surface area contributed by atoms with Gasteiger partial charge in [-0.15, -0.1) is 0 Å². The molecule has 12 heavy (non-hydrogen) atoms. The minimum Gasteiger partial charge on any atom is -0.368 e. The van der Waals surface area contributed by atoms with E-state index in [4.69, 9.17) is 5.73 Å². The Balaban J connectivity index is 3.04. The van der Waals surface area contributed by atoms with Gasteiger partial charge in [0.15, 0.2) is 11.6 Å². The van der Waals surface area contributed by atoms with Gasteiger partial charge in [-0.05, 0) is 6.92 Å². The first-order valence-electron chi connectivity index (χ1n) is 3.64. The number of nitrogen functional groups attached to an aromatic ring is 1. The van der Waals surface area contributed by atoms with E-state index in [-0.39, 0.29) is 11.8 Å². The van der Waals surface area contributed by atoms with Crippen LogP contribution in [0, 0.1) is 5.82 Å². The fourth-order valence-corrected chi connectivity index (χ4v) is 0.789. The van der Waals surface area contributed by atoms with Crippen molar-refractivity contribution in [2.45, 2.75) is 6.92 Å². The van der Waals surface area contributed by atoms with Gasteiger partial charge in [-0.25, -0.2) is 9.37 Å². The third-order valence-corrected chi connectivity index (χ3v) is 1.58. The Morgan fingerprint density at radius 3 is 2.92 bits per heavy atom. The highest BCUT2D eigenvalue weighted by molar-refractivity contribution is 5.41. The maximum Gasteiger partial charge on any atom is 0.222 e. The van der Waals surface area contributed by atoms with Crippen molar-refractivity contribution >= 4 is 11.8 Å². The quantitative estimate of drug-likeness (QED) is 0.708. The molecule has 1 aromatic rings. The molecule has 0 aliphatic carbocycles. The van der Waals surface area contributed by atoms with Crippen molar-refractivity contribution in [2.75, 3.05) is 24.2 Å². The van der Waals surface area contributed by atoms with E-state index in [0.29, 0.717) is 6.54 Å². The zero-order valence-corrected chi connectivity index (χ0v) is 7.08. The molecule has 1 heterocycles. The number of nitrogens with zero attached hydrogens (tertiary/aromatic N) is 3. The Bertz CT molecular complexity index is 276. The average molecular weight is 170 g/mol. The minimum atomic E-state index is -0.450. The number of nitrogens with two attached hydrogens (primary N) is 1. The van der Waals surface area contributed by atoms with Gasteiger partial charge in [0.2, 0.25) is 5.95 Å². The van der Waals surface area contributed by atoms with Gasteiger partial charge in [-0.3, -0.25) is 0 Å². The Labute approximate surface area is 70.2 Å². The zero-order valence-electron chi connectivity index (χ0n) is 7.08. The summed E-state index contributed by atoms with van der Waals surface area (Å²) in [7, 11) is 1.74. The van der Waals surface area contributed by atoms with E-state index in [1.54, 1.807) is 11.9 Å². The first-order chi connectivity index (χ1) is 5.65. The minimum absolute atomic E-state index is 0.0895. The average Bonchev–Trinajstić information content (AvgIpc) is 2.08. The van der Waals surface area contributed by atoms with Crippen molar-refractivity contribution < 1.29 is 4.39 Å². The standard InChI is InChI=1S/C7H11FN4/c1-3-12(2)6-5(8)4-10-7(9)11-6/h4H,3H2,1-2H3,(H2,9,10,11). The van der Waals surface area contributed by atoms with Gasteiger partial charge >= 0.3 is 0 Å². The van der Waals surface area contributed by atoms with Crippen LogP contribution in [0.3, 0.4) is 0 Å². The second-order valence-electron chi connectivity index (χ2n) is 2.41. The molecule has 0 aliphatic heterocycles. The van der Waals surface area contributed by atoms with Crippen LogP contribution in [0.5, 0.6) is 0 Å². The normalized spacial score (nSPS) is 9.92. The van der Waals surface area contributed by atoms with E-state index in [9.17, 15) is 4.39 Å². The molecule has 0 fully saturated rings. The highest BCUT2D eigenvalue weighted by Gasteiger charge is 2.08. The van der Waals surface area contributed by atoms with Crippen molar-refractivity contribution in [1.29, 1.82) is 0 Å². The van der Waals surface area contributed by atoms with Crippen LogP contribution in [0.4, 0.5) is 16.2 Å². The smallest absolute Gasteiger partial charge is 0.222 e. The molecule has 0 atom stereocenters. The number of anilines is 2. The lowest BCUT2D eigenvalue weighted by atomic mass is 10.5. The molecule has 4 nitrogen and oxygen atoms in total. The van der Waals surface area contributed by atoms with Crippen molar-refractivity contribution in [3.05, 3.63) is 12.0 Å². The SMILES string of the molecule is CCN(C)c1nc(N)ncc1F. The zero-order chi connectivity index (χ0) is 9.14. The van der Waals surface area contributed by atoms with E-state index >= 15 is 0 Å². The molecule has 0 saturated heterocycles.